The number of hydrogen-bond donors (Lipinski definition) is 1. The molecule has 3 atom stereocenters. The van der Waals surface area contributed by atoms with Gasteiger partial charge in [0.15, 0.2) is 8.32 Å². The van der Waals surface area contributed by atoms with Crippen molar-refractivity contribution in [1.82, 2.24) is 0 Å². The number of aliphatic hydroxyl groups is 1. The largest absolute Gasteiger partial charge is 0.430 e. The van der Waals surface area contributed by atoms with Crippen LogP contribution in [-0.2, 0) is 9.16 Å². The second-order valence-corrected chi connectivity index (χ2v) is 14.7. The highest BCUT2D eigenvalue weighted by atomic mass is 35.5. The highest BCUT2D eigenvalue weighted by Gasteiger charge is 2.47. The van der Waals surface area contributed by atoms with E-state index in [1.165, 1.54) is 0 Å². The Morgan fingerprint density at radius 3 is 2.52 bits per heavy atom. The molecule has 1 aromatic rings. The Morgan fingerprint density at radius 2 is 2.03 bits per heavy atom. The normalized spacial score (nSPS) is 23.5. The average molecular weight is 437 g/mol. The fourth-order valence-electron chi connectivity index (χ4n) is 2.91. The van der Waals surface area contributed by atoms with Gasteiger partial charge in [0.25, 0.3) is 0 Å². The first kappa shape index (κ1) is 23.9. The van der Waals surface area contributed by atoms with Gasteiger partial charge in [0.05, 0.1) is 5.56 Å². The number of allylic oxidation sites excluding steroid dienone is 2. The maximum absolute atomic E-state index is 12.8. The third kappa shape index (κ3) is 5.82. The number of halogens is 1. The molecule has 2 rings (SSSR count). The number of rotatable bonds is 6. The van der Waals surface area contributed by atoms with Crippen molar-refractivity contribution in [2.24, 2.45) is 5.92 Å². The quantitative estimate of drug-likeness (QED) is 0.252. The Labute approximate surface area is 180 Å². The molecular formula is C23H33ClO4Si. The molecule has 0 spiro atoms. The Bertz CT molecular complexity index is 796. The maximum atomic E-state index is 12.8. The fraction of sp³-hybridized carbons (Fsp3) is 0.522. The Morgan fingerprint density at radius 1 is 1.38 bits per heavy atom. The minimum Gasteiger partial charge on any atom is -0.430 e. The summed E-state index contributed by atoms with van der Waals surface area (Å²) in [6.45, 7) is 16.4. The van der Waals surface area contributed by atoms with E-state index in [0.717, 1.165) is 5.57 Å². The van der Waals surface area contributed by atoms with E-state index in [-0.39, 0.29) is 11.0 Å². The third-order valence-electron chi connectivity index (χ3n) is 6.00. The predicted octanol–water partition coefficient (Wildman–Crippen LogP) is 6.12. The maximum Gasteiger partial charge on any atom is 0.340 e. The van der Waals surface area contributed by atoms with Gasteiger partial charge in [0, 0.05) is 5.02 Å². The van der Waals surface area contributed by atoms with Crippen LogP contribution >= 0.6 is 11.6 Å². The van der Waals surface area contributed by atoms with Gasteiger partial charge in [-0.1, -0.05) is 62.7 Å². The van der Waals surface area contributed by atoms with E-state index in [1.54, 1.807) is 30.3 Å². The van der Waals surface area contributed by atoms with Crippen molar-refractivity contribution in [2.45, 2.75) is 70.6 Å². The van der Waals surface area contributed by atoms with Gasteiger partial charge in [-0.25, -0.2) is 4.79 Å². The van der Waals surface area contributed by atoms with Crippen molar-refractivity contribution in [3.05, 3.63) is 59.2 Å². The van der Waals surface area contributed by atoms with E-state index in [0.29, 0.717) is 23.4 Å². The summed E-state index contributed by atoms with van der Waals surface area (Å²) < 4.78 is 12.2. The number of carbonyl (C=O) groups is 1. The molecule has 160 valence electrons. The molecule has 0 aromatic heterocycles. The summed E-state index contributed by atoms with van der Waals surface area (Å²) >= 11 is 6.01. The van der Waals surface area contributed by atoms with E-state index in [9.17, 15) is 9.90 Å². The Hall–Kier alpha value is -1.40. The second-order valence-electron chi connectivity index (χ2n) is 9.47. The summed E-state index contributed by atoms with van der Waals surface area (Å²) in [4.78, 5) is 12.8. The summed E-state index contributed by atoms with van der Waals surface area (Å²) in [5.41, 5.74) is -0.0268. The highest BCUT2D eigenvalue weighted by molar-refractivity contribution is 6.74. The summed E-state index contributed by atoms with van der Waals surface area (Å²) in [5, 5.41) is 11.7. The van der Waals surface area contributed by atoms with E-state index in [4.69, 9.17) is 20.8 Å². The SMILES string of the molecule is C=C(C)[C@H]1C=CC(O)(C(OC(=O)c2cccc(Cl)c2)O[Si](C)(C)C(C)(C)C)CC1. The van der Waals surface area contributed by atoms with E-state index in [2.05, 4.69) is 40.4 Å². The summed E-state index contributed by atoms with van der Waals surface area (Å²) in [7, 11) is -2.33. The van der Waals surface area contributed by atoms with Gasteiger partial charge in [-0.2, -0.15) is 0 Å². The number of benzene rings is 1. The molecule has 0 amide bonds. The molecule has 0 aliphatic heterocycles. The molecule has 1 aliphatic carbocycles. The van der Waals surface area contributed by atoms with E-state index in [1.807, 2.05) is 13.0 Å². The van der Waals surface area contributed by atoms with Crippen molar-refractivity contribution in [3.63, 3.8) is 0 Å². The van der Waals surface area contributed by atoms with Crippen molar-refractivity contribution in [2.75, 3.05) is 0 Å². The molecule has 0 fully saturated rings. The molecule has 0 saturated heterocycles. The first-order valence-electron chi connectivity index (χ1n) is 9.97. The smallest absolute Gasteiger partial charge is 0.340 e. The summed E-state index contributed by atoms with van der Waals surface area (Å²) in [6.07, 6.45) is 3.68. The fourth-order valence-corrected chi connectivity index (χ4v) is 4.24. The van der Waals surface area contributed by atoms with Crippen LogP contribution in [0.25, 0.3) is 0 Å². The monoisotopic (exact) mass is 436 g/mol. The van der Waals surface area contributed by atoms with Gasteiger partial charge in [-0.05, 0) is 62.0 Å². The highest BCUT2D eigenvalue weighted by Crippen LogP contribution is 2.41. The van der Waals surface area contributed by atoms with Crippen LogP contribution in [0, 0.1) is 5.92 Å². The lowest BCUT2D eigenvalue weighted by molar-refractivity contribution is -0.161. The molecule has 2 unspecified atom stereocenters. The molecule has 29 heavy (non-hydrogen) atoms. The molecule has 0 bridgehead atoms. The molecule has 1 aromatic carbocycles. The molecule has 1 N–H and O–H groups in total. The lowest BCUT2D eigenvalue weighted by Crippen LogP contribution is -2.54. The second kappa shape index (κ2) is 8.76. The van der Waals surface area contributed by atoms with Crippen LogP contribution in [0.2, 0.25) is 23.2 Å². The number of carbonyl (C=O) groups excluding carboxylic acids is 1. The summed E-state index contributed by atoms with van der Waals surface area (Å²) in [5.74, 6) is -0.368. The van der Waals surface area contributed by atoms with Gasteiger partial charge >= 0.3 is 5.97 Å². The van der Waals surface area contributed by atoms with Crippen LogP contribution in [0.15, 0.2) is 48.6 Å². The zero-order valence-corrected chi connectivity index (χ0v) is 20.0. The van der Waals surface area contributed by atoms with Crippen molar-refractivity contribution >= 4 is 25.9 Å². The van der Waals surface area contributed by atoms with Crippen molar-refractivity contribution in [3.8, 4) is 0 Å². The van der Waals surface area contributed by atoms with Crippen LogP contribution < -0.4 is 0 Å². The van der Waals surface area contributed by atoms with Crippen LogP contribution in [0.5, 0.6) is 0 Å². The zero-order valence-electron chi connectivity index (χ0n) is 18.3. The van der Waals surface area contributed by atoms with Gasteiger partial charge in [-0.3, -0.25) is 0 Å². The average Bonchev–Trinajstić information content (AvgIpc) is 2.60. The first-order valence-corrected chi connectivity index (χ1v) is 13.3. The summed E-state index contributed by atoms with van der Waals surface area (Å²) in [6, 6.07) is 6.56. The molecule has 0 saturated carbocycles. The van der Waals surface area contributed by atoms with Gasteiger partial charge in [0.1, 0.15) is 5.60 Å². The predicted molar refractivity (Wildman–Crippen MR) is 121 cm³/mol. The molecule has 1 aliphatic rings. The zero-order chi connectivity index (χ0) is 22.0. The molecule has 4 nitrogen and oxygen atoms in total. The minimum absolute atomic E-state index is 0.108. The molecule has 6 heteroatoms. The van der Waals surface area contributed by atoms with Crippen LogP contribution in [0.3, 0.4) is 0 Å². The van der Waals surface area contributed by atoms with Gasteiger partial charge < -0.3 is 14.3 Å². The number of ether oxygens (including phenoxy) is 1. The standard InChI is InChI=1S/C23H33ClO4Si/c1-16(2)17-11-13-23(26,14-12-17)21(28-29(6,7)22(3,4)5)27-20(25)18-9-8-10-19(24)15-18/h8-11,13,15,17,21,26H,1,12,14H2,2-7H3/t17-,21?,23?/m0/s1. The topological polar surface area (TPSA) is 55.8 Å². The molecule has 0 radical (unpaired) electrons. The van der Waals surface area contributed by atoms with Crippen molar-refractivity contribution < 1.29 is 19.1 Å². The van der Waals surface area contributed by atoms with Gasteiger partial charge in [0.2, 0.25) is 6.29 Å². The van der Waals surface area contributed by atoms with E-state index >= 15 is 0 Å². The van der Waals surface area contributed by atoms with E-state index < -0.39 is 26.2 Å². The van der Waals surface area contributed by atoms with Crippen LogP contribution in [0.4, 0.5) is 0 Å². The third-order valence-corrected chi connectivity index (χ3v) is 10.6. The lowest BCUT2D eigenvalue weighted by atomic mass is 9.82. The van der Waals surface area contributed by atoms with Crippen LogP contribution in [-0.4, -0.2) is 31.3 Å². The van der Waals surface area contributed by atoms with Crippen LogP contribution in [0.1, 0.15) is 50.9 Å². The Balaban J connectivity index is 2.34. The molecular weight excluding hydrogens is 404 g/mol. The minimum atomic E-state index is -2.33. The number of hydrogen-bond acceptors (Lipinski definition) is 4. The lowest BCUT2D eigenvalue weighted by Gasteiger charge is -2.44. The van der Waals surface area contributed by atoms with Crippen molar-refractivity contribution in [1.29, 1.82) is 0 Å². The van der Waals surface area contributed by atoms with Gasteiger partial charge in [-0.15, -0.1) is 0 Å². The first-order chi connectivity index (χ1) is 13.2. The Kier molecular flexibility index (Phi) is 7.21. The molecule has 0 heterocycles. The number of esters is 1.